The van der Waals surface area contributed by atoms with Gasteiger partial charge in [-0.25, -0.2) is 13.6 Å². The van der Waals surface area contributed by atoms with Crippen LogP contribution in [0.15, 0.2) is 17.0 Å². The van der Waals surface area contributed by atoms with Crippen LogP contribution in [0.4, 0.5) is 0 Å². The second kappa shape index (κ2) is 3.80. The van der Waals surface area contributed by atoms with E-state index in [1.54, 1.807) is 0 Å². The number of halogens is 1. The van der Waals surface area contributed by atoms with Crippen LogP contribution in [0, 0.1) is 6.92 Å². The van der Waals surface area contributed by atoms with Gasteiger partial charge in [-0.2, -0.15) is 0 Å². The molecule has 0 saturated heterocycles. The van der Waals surface area contributed by atoms with Crippen molar-refractivity contribution in [3.05, 3.63) is 28.3 Å². The Hall–Kier alpha value is -1.11. The largest absolute Gasteiger partial charge is 0.366 e. The number of amides is 1. The van der Waals surface area contributed by atoms with Crippen molar-refractivity contribution in [3.8, 4) is 0 Å². The lowest BCUT2D eigenvalue weighted by Gasteiger charge is -2.07. The van der Waals surface area contributed by atoms with Crippen LogP contribution in [0.25, 0.3) is 0 Å². The maximum absolute atomic E-state index is 11.1. The highest BCUT2D eigenvalue weighted by atomic mass is 35.5. The predicted octanol–water partition coefficient (Wildman–Crippen LogP) is 0.395. The zero-order valence-corrected chi connectivity index (χ0v) is 9.39. The number of hydrogen-bond donors (Lipinski definition) is 2. The Kier molecular flexibility index (Phi) is 3.03. The molecular weight excluding hydrogens is 240 g/mol. The van der Waals surface area contributed by atoms with E-state index in [1.807, 2.05) is 0 Å². The molecule has 0 bridgehead atoms. The van der Waals surface area contributed by atoms with Crippen LogP contribution in [0.3, 0.4) is 0 Å². The Balaban J connectivity index is 3.59. The average molecular weight is 249 g/mol. The topological polar surface area (TPSA) is 103 Å². The van der Waals surface area contributed by atoms with Gasteiger partial charge in [0.25, 0.3) is 0 Å². The maximum Gasteiger partial charge on any atom is 0.248 e. The number of nitrogens with two attached hydrogens (primary N) is 2. The third-order valence-electron chi connectivity index (χ3n) is 1.89. The summed E-state index contributed by atoms with van der Waals surface area (Å²) in [6.45, 7) is 1.49. The van der Waals surface area contributed by atoms with Crippen LogP contribution in [-0.2, 0) is 10.0 Å². The maximum atomic E-state index is 11.1. The molecule has 1 aromatic rings. The molecule has 1 rings (SSSR count). The minimum absolute atomic E-state index is 0.00891. The summed E-state index contributed by atoms with van der Waals surface area (Å²) in [5.74, 6) is -0.762. The van der Waals surface area contributed by atoms with E-state index in [4.69, 9.17) is 22.5 Å². The number of rotatable bonds is 2. The lowest BCUT2D eigenvalue weighted by molar-refractivity contribution is 0.1000. The number of carbonyl (C=O) groups is 1. The van der Waals surface area contributed by atoms with Crippen molar-refractivity contribution >= 4 is 27.5 Å². The van der Waals surface area contributed by atoms with E-state index >= 15 is 0 Å². The van der Waals surface area contributed by atoms with Gasteiger partial charge in [0.1, 0.15) is 0 Å². The van der Waals surface area contributed by atoms with E-state index in [-0.39, 0.29) is 15.5 Å². The molecule has 0 atom stereocenters. The van der Waals surface area contributed by atoms with Gasteiger partial charge in [0.05, 0.1) is 4.90 Å². The minimum Gasteiger partial charge on any atom is -0.366 e. The third kappa shape index (κ3) is 2.47. The standard InChI is InChI=1S/C8H9ClN2O3S/c1-4-6(9)2-5(8(10)12)3-7(4)15(11,13)14/h2-3H,1H3,(H2,10,12)(H2,11,13,14). The molecule has 4 N–H and O–H groups in total. The molecule has 0 saturated carbocycles. The van der Waals surface area contributed by atoms with Crippen molar-refractivity contribution in [2.24, 2.45) is 10.9 Å². The summed E-state index contributed by atoms with van der Waals surface area (Å²) in [4.78, 5) is 10.7. The van der Waals surface area contributed by atoms with E-state index < -0.39 is 15.9 Å². The Morgan fingerprint density at radius 3 is 2.33 bits per heavy atom. The molecule has 15 heavy (non-hydrogen) atoms. The van der Waals surface area contributed by atoms with E-state index in [0.717, 1.165) is 6.07 Å². The fourth-order valence-electron chi connectivity index (χ4n) is 1.09. The first-order valence-electron chi connectivity index (χ1n) is 3.86. The number of benzene rings is 1. The molecular formula is C8H9ClN2O3S. The van der Waals surface area contributed by atoms with Gasteiger partial charge in [-0.1, -0.05) is 11.6 Å². The van der Waals surface area contributed by atoms with Crippen LogP contribution in [0.5, 0.6) is 0 Å². The number of sulfonamides is 1. The van der Waals surface area contributed by atoms with Crippen molar-refractivity contribution in [3.63, 3.8) is 0 Å². The Labute approximate surface area is 92.1 Å². The summed E-state index contributed by atoms with van der Waals surface area (Å²) >= 11 is 5.74. The molecule has 0 radical (unpaired) electrons. The molecule has 0 heterocycles. The molecule has 1 aromatic carbocycles. The highest BCUT2D eigenvalue weighted by Gasteiger charge is 2.16. The molecule has 1 amide bonds. The fraction of sp³-hybridized carbons (Fsp3) is 0.125. The Morgan fingerprint density at radius 1 is 1.40 bits per heavy atom. The highest BCUT2D eigenvalue weighted by molar-refractivity contribution is 7.89. The number of carbonyl (C=O) groups excluding carboxylic acids is 1. The molecule has 0 aliphatic rings. The van der Waals surface area contributed by atoms with Gasteiger partial charge in [-0.3, -0.25) is 4.79 Å². The minimum atomic E-state index is -3.90. The van der Waals surface area contributed by atoms with Crippen LogP contribution < -0.4 is 10.9 Å². The van der Waals surface area contributed by atoms with Crippen molar-refractivity contribution in [1.29, 1.82) is 0 Å². The predicted molar refractivity (Wildman–Crippen MR) is 56.1 cm³/mol. The number of primary sulfonamides is 1. The molecule has 0 unspecified atom stereocenters. The summed E-state index contributed by atoms with van der Waals surface area (Å²) in [5.41, 5.74) is 5.32. The average Bonchev–Trinajstić information content (AvgIpc) is 2.06. The summed E-state index contributed by atoms with van der Waals surface area (Å²) in [5, 5.41) is 5.09. The highest BCUT2D eigenvalue weighted by Crippen LogP contribution is 2.24. The van der Waals surface area contributed by atoms with Crippen molar-refractivity contribution in [2.75, 3.05) is 0 Å². The van der Waals surface area contributed by atoms with Gasteiger partial charge in [0.15, 0.2) is 0 Å². The summed E-state index contributed by atoms with van der Waals surface area (Å²) < 4.78 is 22.3. The number of primary amides is 1. The second-order valence-corrected chi connectivity index (χ2v) is 4.93. The normalized spacial score (nSPS) is 11.4. The SMILES string of the molecule is Cc1c(Cl)cc(C(N)=O)cc1S(N)(=O)=O. The van der Waals surface area contributed by atoms with Crippen molar-refractivity contribution < 1.29 is 13.2 Å². The van der Waals surface area contributed by atoms with Crippen LogP contribution in [-0.4, -0.2) is 14.3 Å². The molecule has 0 fully saturated rings. The molecule has 5 nitrogen and oxygen atoms in total. The molecule has 82 valence electrons. The molecule has 0 aromatic heterocycles. The van der Waals surface area contributed by atoms with E-state index in [2.05, 4.69) is 0 Å². The van der Waals surface area contributed by atoms with Crippen LogP contribution in [0.2, 0.25) is 5.02 Å². The first kappa shape index (κ1) is 12.0. The molecule has 0 spiro atoms. The van der Waals surface area contributed by atoms with Gasteiger partial charge < -0.3 is 5.73 Å². The zero-order valence-electron chi connectivity index (χ0n) is 7.82. The summed E-state index contributed by atoms with van der Waals surface area (Å²) in [7, 11) is -3.90. The van der Waals surface area contributed by atoms with Crippen LogP contribution in [0.1, 0.15) is 15.9 Å². The molecule has 7 heteroatoms. The smallest absolute Gasteiger partial charge is 0.248 e. The lowest BCUT2D eigenvalue weighted by atomic mass is 10.1. The van der Waals surface area contributed by atoms with E-state index in [1.165, 1.54) is 13.0 Å². The van der Waals surface area contributed by atoms with Crippen molar-refractivity contribution in [1.82, 2.24) is 0 Å². The van der Waals surface area contributed by atoms with Crippen molar-refractivity contribution in [2.45, 2.75) is 11.8 Å². The van der Waals surface area contributed by atoms with Gasteiger partial charge in [-0.15, -0.1) is 0 Å². The van der Waals surface area contributed by atoms with Crippen LogP contribution >= 0.6 is 11.6 Å². The van der Waals surface area contributed by atoms with Gasteiger partial charge in [0, 0.05) is 10.6 Å². The fourth-order valence-corrected chi connectivity index (χ4v) is 2.19. The zero-order chi connectivity index (χ0) is 11.8. The van der Waals surface area contributed by atoms with Gasteiger partial charge >= 0.3 is 0 Å². The summed E-state index contributed by atoms with van der Waals surface area (Å²) in [6, 6.07) is 2.41. The van der Waals surface area contributed by atoms with E-state index in [9.17, 15) is 13.2 Å². The summed E-state index contributed by atoms with van der Waals surface area (Å²) in [6.07, 6.45) is 0. The molecule has 0 aliphatic carbocycles. The Bertz CT molecular complexity index is 525. The lowest BCUT2D eigenvalue weighted by Crippen LogP contribution is -2.17. The second-order valence-electron chi connectivity index (χ2n) is 2.99. The number of hydrogen-bond acceptors (Lipinski definition) is 3. The van der Waals surface area contributed by atoms with E-state index in [0.29, 0.717) is 5.56 Å². The Morgan fingerprint density at radius 2 is 1.93 bits per heavy atom. The quantitative estimate of drug-likeness (QED) is 0.791. The third-order valence-corrected chi connectivity index (χ3v) is 3.32. The first-order chi connectivity index (χ1) is 6.73. The molecule has 0 aliphatic heterocycles. The monoisotopic (exact) mass is 248 g/mol. The van der Waals surface area contributed by atoms with Gasteiger partial charge in [-0.05, 0) is 24.6 Å². The first-order valence-corrected chi connectivity index (χ1v) is 5.78. The van der Waals surface area contributed by atoms with Gasteiger partial charge in [0.2, 0.25) is 15.9 Å².